The summed E-state index contributed by atoms with van der Waals surface area (Å²) in [5.41, 5.74) is 4.84. The monoisotopic (exact) mass is 503 g/mol. The van der Waals surface area contributed by atoms with Crippen LogP contribution in [0.25, 0.3) is 23.3 Å². The van der Waals surface area contributed by atoms with Crippen LogP contribution in [0.3, 0.4) is 0 Å². The number of aryl methyl sites for hydroxylation is 1. The van der Waals surface area contributed by atoms with Crippen molar-refractivity contribution in [3.8, 4) is 16.9 Å². The second-order valence-electron chi connectivity index (χ2n) is 8.86. The number of rotatable bonds is 8. The van der Waals surface area contributed by atoms with Crippen LogP contribution in [0.4, 0.5) is 4.39 Å². The highest BCUT2D eigenvalue weighted by Gasteiger charge is 2.18. The summed E-state index contributed by atoms with van der Waals surface area (Å²) in [4.78, 5) is 18.0. The number of ether oxygens (including phenoxy) is 1. The minimum atomic E-state index is -0.341. The number of aromatic nitrogens is 3. The molecule has 38 heavy (non-hydrogen) atoms. The van der Waals surface area contributed by atoms with Gasteiger partial charge in [0.15, 0.2) is 0 Å². The molecule has 0 unspecified atom stereocenters. The average molecular weight is 504 g/mol. The lowest BCUT2D eigenvalue weighted by molar-refractivity contribution is 0.307. The van der Waals surface area contributed by atoms with Crippen LogP contribution >= 0.6 is 0 Å². The molecule has 188 valence electrons. The van der Waals surface area contributed by atoms with Gasteiger partial charge in [-0.05, 0) is 54.0 Å². The summed E-state index contributed by atoms with van der Waals surface area (Å²) in [5.74, 6) is 0.304. The first-order valence-corrected chi connectivity index (χ1v) is 12.3. The van der Waals surface area contributed by atoms with Gasteiger partial charge in [-0.25, -0.2) is 9.07 Å². The van der Waals surface area contributed by atoms with Crippen molar-refractivity contribution >= 4 is 12.2 Å². The van der Waals surface area contributed by atoms with Crippen molar-refractivity contribution in [1.82, 2.24) is 14.8 Å². The van der Waals surface area contributed by atoms with E-state index in [-0.39, 0.29) is 17.9 Å². The fourth-order valence-corrected chi connectivity index (χ4v) is 4.31. The lowest BCUT2D eigenvalue weighted by atomic mass is 9.97. The van der Waals surface area contributed by atoms with Crippen molar-refractivity contribution in [3.63, 3.8) is 0 Å². The standard InChI is InChI=1S/C32H26FN3O2/c1-23-31(28-14-5-6-15-30(28)38-22-25-9-3-2-4-10-25)29(17-16-24-11-7-13-27(33)19-24)32(37)36(35-23)21-26-12-8-18-34-20-26/h2-20H,21-22H2,1H3/b17-16+. The summed E-state index contributed by atoms with van der Waals surface area (Å²) < 4.78 is 21.5. The Morgan fingerprint density at radius 1 is 0.895 bits per heavy atom. The molecule has 0 aliphatic heterocycles. The van der Waals surface area contributed by atoms with E-state index in [2.05, 4.69) is 10.1 Å². The molecule has 0 N–H and O–H groups in total. The van der Waals surface area contributed by atoms with Crippen LogP contribution in [-0.2, 0) is 13.2 Å². The van der Waals surface area contributed by atoms with Gasteiger partial charge in [-0.15, -0.1) is 0 Å². The maximum absolute atomic E-state index is 13.8. The van der Waals surface area contributed by atoms with Gasteiger partial charge in [0.25, 0.3) is 5.56 Å². The largest absolute Gasteiger partial charge is 0.488 e. The SMILES string of the molecule is Cc1nn(Cc2cccnc2)c(=O)c(/C=C/c2cccc(F)c2)c1-c1ccccc1OCc1ccccc1. The normalized spacial score (nSPS) is 11.1. The van der Waals surface area contributed by atoms with E-state index in [1.165, 1.54) is 16.8 Å². The second-order valence-corrected chi connectivity index (χ2v) is 8.86. The number of hydrogen-bond acceptors (Lipinski definition) is 4. The highest BCUT2D eigenvalue weighted by molar-refractivity contribution is 5.84. The summed E-state index contributed by atoms with van der Waals surface area (Å²) in [6.07, 6.45) is 6.87. The zero-order chi connectivity index (χ0) is 26.3. The predicted octanol–water partition coefficient (Wildman–Crippen LogP) is 6.55. The summed E-state index contributed by atoms with van der Waals surface area (Å²) >= 11 is 0. The molecule has 0 spiro atoms. The Morgan fingerprint density at radius 2 is 1.68 bits per heavy atom. The highest BCUT2D eigenvalue weighted by atomic mass is 19.1. The fraction of sp³-hybridized carbons (Fsp3) is 0.0938. The van der Waals surface area contributed by atoms with Gasteiger partial charge in [0.2, 0.25) is 0 Å². The number of hydrogen-bond donors (Lipinski definition) is 0. The van der Waals surface area contributed by atoms with Crippen molar-refractivity contribution in [1.29, 1.82) is 0 Å². The number of benzene rings is 3. The van der Waals surface area contributed by atoms with Crippen LogP contribution < -0.4 is 10.3 Å². The molecule has 6 heteroatoms. The first-order chi connectivity index (χ1) is 18.6. The summed E-state index contributed by atoms with van der Waals surface area (Å²) in [6, 6.07) is 27.5. The molecule has 0 aliphatic rings. The first-order valence-electron chi connectivity index (χ1n) is 12.3. The van der Waals surface area contributed by atoms with Gasteiger partial charge in [0.1, 0.15) is 18.2 Å². The van der Waals surface area contributed by atoms with E-state index >= 15 is 0 Å². The van der Waals surface area contributed by atoms with E-state index < -0.39 is 0 Å². The van der Waals surface area contributed by atoms with Crippen molar-refractivity contribution in [2.24, 2.45) is 0 Å². The molecule has 5 aromatic rings. The van der Waals surface area contributed by atoms with Crippen LogP contribution in [0.1, 0.15) is 27.9 Å². The van der Waals surface area contributed by atoms with Crippen molar-refractivity contribution < 1.29 is 9.13 Å². The predicted molar refractivity (Wildman–Crippen MR) is 148 cm³/mol. The lowest BCUT2D eigenvalue weighted by Crippen LogP contribution is -2.27. The Bertz CT molecular complexity index is 1630. The number of para-hydroxylation sites is 1. The molecular weight excluding hydrogens is 477 g/mol. The highest BCUT2D eigenvalue weighted by Crippen LogP contribution is 2.34. The third-order valence-electron chi connectivity index (χ3n) is 6.11. The molecule has 2 heterocycles. The van der Waals surface area contributed by atoms with Gasteiger partial charge in [-0.3, -0.25) is 9.78 Å². The van der Waals surface area contributed by atoms with Gasteiger partial charge in [-0.2, -0.15) is 5.10 Å². The molecule has 0 fully saturated rings. The van der Waals surface area contributed by atoms with E-state index in [1.807, 2.05) is 73.7 Å². The zero-order valence-corrected chi connectivity index (χ0v) is 20.9. The van der Waals surface area contributed by atoms with Crippen LogP contribution in [0, 0.1) is 12.7 Å². The van der Waals surface area contributed by atoms with E-state index in [1.54, 1.807) is 36.7 Å². The lowest BCUT2D eigenvalue weighted by Gasteiger charge is -2.17. The number of pyridine rings is 1. The van der Waals surface area contributed by atoms with Gasteiger partial charge in [0.05, 0.1) is 17.8 Å². The molecule has 0 saturated carbocycles. The second kappa shape index (κ2) is 11.5. The Morgan fingerprint density at radius 3 is 2.47 bits per heavy atom. The van der Waals surface area contributed by atoms with Crippen LogP contribution in [0.2, 0.25) is 0 Å². The summed E-state index contributed by atoms with van der Waals surface area (Å²) in [6.45, 7) is 2.54. The molecule has 3 aromatic carbocycles. The molecule has 2 aromatic heterocycles. The van der Waals surface area contributed by atoms with Crippen LogP contribution in [0.15, 0.2) is 108 Å². The molecule has 0 atom stereocenters. The Hall–Kier alpha value is -4.84. The van der Waals surface area contributed by atoms with Gasteiger partial charge in [-0.1, -0.05) is 72.8 Å². The van der Waals surface area contributed by atoms with Gasteiger partial charge >= 0.3 is 0 Å². The Balaban J connectivity index is 1.61. The molecule has 5 nitrogen and oxygen atoms in total. The molecule has 0 aliphatic carbocycles. The fourth-order valence-electron chi connectivity index (χ4n) is 4.31. The van der Waals surface area contributed by atoms with Gasteiger partial charge < -0.3 is 4.74 Å². The quantitative estimate of drug-likeness (QED) is 0.241. The van der Waals surface area contributed by atoms with E-state index in [0.717, 1.165) is 16.7 Å². The minimum Gasteiger partial charge on any atom is -0.488 e. The molecular formula is C32H26FN3O2. The van der Waals surface area contributed by atoms with Crippen molar-refractivity contribution in [3.05, 3.63) is 148 Å². The first kappa shape index (κ1) is 24.8. The zero-order valence-electron chi connectivity index (χ0n) is 20.9. The topological polar surface area (TPSA) is 57.0 Å². The average Bonchev–Trinajstić information content (AvgIpc) is 2.94. The van der Waals surface area contributed by atoms with Crippen LogP contribution in [0.5, 0.6) is 5.75 Å². The third-order valence-corrected chi connectivity index (χ3v) is 6.11. The molecule has 0 radical (unpaired) electrons. The van der Waals surface area contributed by atoms with Crippen molar-refractivity contribution in [2.75, 3.05) is 0 Å². The summed E-state index contributed by atoms with van der Waals surface area (Å²) in [5, 5.41) is 4.66. The molecule has 0 bridgehead atoms. The molecule has 5 rings (SSSR count). The molecule has 0 amide bonds. The third kappa shape index (κ3) is 5.76. The smallest absolute Gasteiger partial charge is 0.274 e. The Labute approximate surface area is 220 Å². The van der Waals surface area contributed by atoms with E-state index in [0.29, 0.717) is 34.7 Å². The number of halogens is 1. The molecule has 0 saturated heterocycles. The van der Waals surface area contributed by atoms with Crippen LogP contribution in [-0.4, -0.2) is 14.8 Å². The summed E-state index contributed by atoms with van der Waals surface area (Å²) in [7, 11) is 0. The minimum absolute atomic E-state index is 0.264. The maximum atomic E-state index is 13.8. The Kier molecular flexibility index (Phi) is 7.50. The maximum Gasteiger partial charge on any atom is 0.274 e. The van der Waals surface area contributed by atoms with Gasteiger partial charge in [0, 0.05) is 23.5 Å². The number of nitrogens with zero attached hydrogens (tertiary/aromatic N) is 3. The van der Waals surface area contributed by atoms with Crippen molar-refractivity contribution in [2.45, 2.75) is 20.1 Å². The van der Waals surface area contributed by atoms with E-state index in [9.17, 15) is 9.18 Å². The van der Waals surface area contributed by atoms with E-state index in [4.69, 9.17) is 4.74 Å².